The van der Waals surface area contributed by atoms with Crippen LogP contribution < -0.4 is 10.1 Å². The van der Waals surface area contributed by atoms with Crippen LogP contribution in [0.3, 0.4) is 0 Å². The van der Waals surface area contributed by atoms with E-state index < -0.39 is 0 Å². The first-order valence-corrected chi connectivity index (χ1v) is 8.42. The maximum atomic E-state index is 12.0. The predicted molar refractivity (Wildman–Crippen MR) is 101 cm³/mol. The van der Waals surface area contributed by atoms with Crippen molar-refractivity contribution >= 4 is 39.6 Å². The van der Waals surface area contributed by atoms with Crippen molar-refractivity contribution in [3.05, 3.63) is 64.1 Å². The number of nitrogens with one attached hydrogen (secondary N) is 1. The summed E-state index contributed by atoms with van der Waals surface area (Å²) < 4.78 is 11.1. The Kier molecular flexibility index (Phi) is 6.77. The molecule has 0 fully saturated rings. The first-order valence-electron chi connectivity index (χ1n) is 7.63. The second-order valence-electron chi connectivity index (χ2n) is 5.01. The van der Waals surface area contributed by atoms with Gasteiger partial charge in [0.1, 0.15) is 5.75 Å². The first-order chi connectivity index (χ1) is 12.0. The van der Waals surface area contributed by atoms with E-state index in [0.717, 1.165) is 10.0 Å². The molecule has 0 spiro atoms. The molecule has 0 aromatic heterocycles. The van der Waals surface area contributed by atoms with Gasteiger partial charge in [-0.1, -0.05) is 15.9 Å². The maximum absolute atomic E-state index is 12.0. The Balaban J connectivity index is 2.03. The normalized spacial score (nSPS) is 10.5. The number of anilines is 1. The molecule has 0 aliphatic rings. The fourth-order valence-corrected chi connectivity index (χ4v) is 2.47. The van der Waals surface area contributed by atoms with Gasteiger partial charge in [0.15, 0.2) is 0 Å². The van der Waals surface area contributed by atoms with E-state index >= 15 is 0 Å². The van der Waals surface area contributed by atoms with Gasteiger partial charge in [0, 0.05) is 21.8 Å². The van der Waals surface area contributed by atoms with Crippen molar-refractivity contribution in [1.82, 2.24) is 0 Å². The molecule has 0 aliphatic heterocycles. The second-order valence-corrected chi connectivity index (χ2v) is 5.92. The highest BCUT2D eigenvalue weighted by molar-refractivity contribution is 9.10. The minimum absolute atomic E-state index is 0.286. The fourth-order valence-electron chi connectivity index (χ4n) is 2.09. The highest BCUT2D eigenvalue weighted by Crippen LogP contribution is 2.24. The molecular formula is C19H18BrNO4. The summed E-state index contributed by atoms with van der Waals surface area (Å²) in [6.45, 7) is 2.07. The molecule has 0 bridgehead atoms. The monoisotopic (exact) mass is 403 g/mol. The molecule has 1 amide bonds. The van der Waals surface area contributed by atoms with Gasteiger partial charge < -0.3 is 14.8 Å². The van der Waals surface area contributed by atoms with Crippen molar-refractivity contribution in [1.29, 1.82) is 0 Å². The molecule has 0 atom stereocenters. The summed E-state index contributed by atoms with van der Waals surface area (Å²) in [6, 6.07) is 12.0. The summed E-state index contributed by atoms with van der Waals surface area (Å²) in [7, 11) is 1.58. The Hall–Kier alpha value is -2.60. The number of ether oxygens (including phenoxy) is 2. The number of carbonyl (C=O) groups excluding carboxylic acids is 2. The third-order valence-corrected chi connectivity index (χ3v) is 3.76. The average Bonchev–Trinajstić information content (AvgIpc) is 2.61. The van der Waals surface area contributed by atoms with Crippen LogP contribution in [0, 0.1) is 0 Å². The molecule has 2 aromatic carbocycles. The van der Waals surface area contributed by atoms with Crippen molar-refractivity contribution in [2.24, 2.45) is 0 Å². The summed E-state index contributed by atoms with van der Waals surface area (Å²) >= 11 is 3.39. The van der Waals surface area contributed by atoms with E-state index in [9.17, 15) is 9.59 Å². The molecule has 0 saturated carbocycles. The molecule has 0 radical (unpaired) electrons. The van der Waals surface area contributed by atoms with Crippen molar-refractivity contribution in [3.8, 4) is 5.75 Å². The van der Waals surface area contributed by atoms with Crippen LogP contribution in [0.1, 0.15) is 22.8 Å². The molecule has 25 heavy (non-hydrogen) atoms. The zero-order valence-electron chi connectivity index (χ0n) is 13.9. The van der Waals surface area contributed by atoms with E-state index in [4.69, 9.17) is 9.47 Å². The predicted octanol–water partition coefficient (Wildman–Crippen LogP) is 4.29. The SMILES string of the molecule is CCOC(=O)c1ccc(NC(=O)C=Cc2cc(Br)ccc2OC)cc1. The second kappa shape index (κ2) is 9.03. The zero-order valence-corrected chi connectivity index (χ0v) is 15.5. The number of benzene rings is 2. The Labute approximate surface area is 154 Å². The van der Waals surface area contributed by atoms with Crippen LogP contribution in [0.5, 0.6) is 5.75 Å². The molecule has 2 rings (SSSR count). The lowest BCUT2D eigenvalue weighted by Crippen LogP contribution is -2.09. The number of halogens is 1. The fraction of sp³-hybridized carbons (Fsp3) is 0.158. The quantitative estimate of drug-likeness (QED) is 0.577. The van der Waals surface area contributed by atoms with E-state index in [0.29, 0.717) is 23.6 Å². The standard InChI is InChI=1S/C19H18BrNO4/c1-3-25-19(23)13-4-8-16(9-5-13)21-18(22)11-6-14-12-15(20)7-10-17(14)24-2/h4-12H,3H2,1-2H3,(H,21,22). The van der Waals surface area contributed by atoms with Gasteiger partial charge >= 0.3 is 5.97 Å². The van der Waals surface area contributed by atoms with Crippen LogP contribution >= 0.6 is 15.9 Å². The van der Waals surface area contributed by atoms with Crippen LogP contribution in [0.2, 0.25) is 0 Å². The van der Waals surface area contributed by atoms with E-state index in [-0.39, 0.29) is 11.9 Å². The molecule has 0 unspecified atom stereocenters. The third kappa shape index (κ3) is 5.46. The molecular weight excluding hydrogens is 386 g/mol. The lowest BCUT2D eigenvalue weighted by molar-refractivity contribution is -0.111. The van der Waals surface area contributed by atoms with Crippen molar-refractivity contribution in [3.63, 3.8) is 0 Å². The van der Waals surface area contributed by atoms with E-state index in [1.165, 1.54) is 6.08 Å². The Morgan fingerprint density at radius 3 is 2.52 bits per heavy atom. The molecule has 0 heterocycles. The minimum Gasteiger partial charge on any atom is -0.496 e. The lowest BCUT2D eigenvalue weighted by Gasteiger charge is -2.06. The number of hydrogen-bond donors (Lipinski definition) is 1. The largest absolute Gasteiger partial charge is 0.496 e. The minimum atomic E-state index is -0.387. The maximum Gasteiger partial charge on any atom is 0.338 e. The topological polar surface area (TPSA) is 64.6 Å². The van der Waals surface area contributed by atoms with E-state index in [1.807, 2.05) is 18.2 Å². The number of amides is 1. The number of esters is 1. The highest BCUT2D eigenvalue weighted by Gasteiger charge is 2.06. The number of rotatable bonds is 6. The average molecular weight is 404 g/mol. The Morgan fingerprint density at radius 2 is 1.88 bits per heavy atom. The van der Waals surface area contributed by atoms with Gasteiger partial charge in [-0.05, 0) is 55.5 Å². The van der Waals surface area contributed by atoms with Crippen LogP contribution in [0.15, 0.2) is 53.0 Å². The van der Waals surface area contributed by atoms with Crippen LogP contribution in [-0.2, 0) is 9.53 Å². The highest BCUT2D eigenvalue weighted by atomic mass is 79.9. The summed E-state index contributed by atoms with van der Waals surface area (Å²) in [5, 5.41) is 2.73. The Morgan fingerprint density at radius 1 is 1.16 bits per heavy atom. The Bertz CT molecular complexity index is 785. The lowest BCUT2D eigenvalue weighted by atomic mass is 10.2. The summed E-state index contributed by atoms with van der Waals surface area (Å²) in [5.41, 5.74) is 1.81. The third-order valence-electron chi connectivity index (χ3n) is 3.27. The summed E-state index contributed by atoms with van der Waals surface area (Å²) in [6.07, 6.45) is 3.09. The van der Waals surface area contributed by atoms with Gasteiger partial charge in [-0.2, -0.15) is 0 Å². The van der Waals surface area contributed by atoms with Gasteiger partial charge in [0.05, 0.1) is 19.3 Å². The van der Waals surface area contributed by atoms with Gasteiger partial charge in [-0.3, -0.25) is 4.79 Å². The van der Waals surface area contributed by atoms with Crippen molar-refractivity contribution < 1.29 is 19.1 Å². The zero-order chi connectivity index (χ0) is 18.2. The summed E-state index contributed by atoms with van der Waals surface area (Å²) in [5.74, 6) is -0.000949. The molecule has 5 nitrogen and oxygen atoms in total. The molecule has 0 saturated heterocycles. The van der Waals surface area contributed by atoms with Gasteiger partial charge in [0.25, 0.3) is 0 Å². The molecule has 130 valence electrons. The smallest absolute Gasteiger partial charge is 0.338 e. The molecule has 1 N–H and O–H groups in total. The van der Waals surface area contributed by atoms with Gasteiger partial charge in [-0.25, -0.2) is 4.79 Å². The first kappa shape index (κ1) is 18.7. The summed E-state index contributed by atoms with van der Waals surface area (Å²) in [4.78, 5) is 23.6. The number of methoxy groups -OCH3 is 1. The van der Waals surface area contributed by atoms with Gasteiger partial charge in [0.2, 0.25) is 5.91 Å². The van der Waals surface area contributed by atoms with Crippen LogP contribution in [0.25, 0.3) is 6.08 Å². The van der Waals surface area contributed by atoms with Crippen LogP contribution in [-0.4, -0.2) is 25.6 Å². The van der Waals surface area contributed by atoms with Crippen molar-refractivity contribution in [2.75, 3.05) is 19.0 Å². The van der Waals surface area contributed by atoms with Crippen molar-refractivity contribution in [2.45, 2.75) is 6.92 Å². The van der Waals surface area contributed by atoms with E-state index in [1.54, 1.807) is 44.4 Å². The van der Waals surface area contributed by atoms with Crippen LogP contribution in [0.4, 0.5) is 5.69 Å². The van der Waals surface area contributed by atoms with E-state index in [2.05, 4.69) is 21.2 Å². The molecule has 2 aromatic rings. The number of hydrogen-bond acceptors (Lipinski definition) is 4. The number of carbonyl (C=O) groups is 2. The van der Waals surface area contributed by atoms with Gasteiger partial charge in [-0.15, -0.1) is 0 Å². The molecule has 6 heteroatoms. The molecule has 0 aliphatic carbocycles.